The molecule has 0 aliphatic rings. The van der Waals surface area contributed by atoms with E-state index in [-0.39, 0.29) is 99.9 Å². The van der Waals surface area contributed by atoms with Crippen LogP contribution in [-0.4, -0.2) is 0 Å². The van der Waals surface area contributed by atoms with Gasteiger partial charge in [-0.25, -0.2) is 0 Å². The lowest BCUT2D eigenvalue weighted by molar-refractivity contribution is 1.57. The fraction of sp³-hybridized carbons (Fsp3) is 0. The Morgan fingerprint density at radius 2 is 0.683 bits per heavy atom. The third-order valence-electron chi connectivity index (χ3n) is 11.7. The lowest BCUT2D eigenvalue weighted by Crippen LogP contribution is -1.90. The van der Waals surface area contributed by atoms with E-state index < -0.39 is 84.6 Å². The molecule has 0 heteroatoms. The molecule has 60 heavy (non-hydrogen) atoms. The van der Waals surface area contributed by atoms with Gasteiger partial charge in [-0.2, -0.15) is 0 Å². The van der Waals surface area contributed by atoms with Crippen molar-refractivity contribution < 1.29 is 24.7 Å². The molecule has 0 bridgehead atoms. The van der Waals surface area contributed by atoms with Crippen LogP contribution in [0.1, 0.15) is 24.7 Å². The maximum atomic E-state index is 9.46. The SMILES string of the molecule is [2H]c1c([2H])c2c([2H])c([2H])c3c([2H])c([2H])c(-c4ccc(-c5cc(-c6cccc(-c7c([2H])c([2H])c8c([2H])c([2H])c9c([2H])c([2H])c([2H])c%10c([2H])c([2H])c7c8c9%10)c6)cc(-c6cccc7ccccc67)c5)cc4)c4c([2H])c([2H])c(c1[2H])c2c34. The Labute approximate surface area is 373 Å². The fourth-order valence-corrected chi connectivity index (χ4v) is 8.84. The molecule has 13 aromatic rings. The number of benzene rings is 13. The van der Waals surface area contributed by atoms with Gasteiger partial charge >= 0.3 is 0 Å². The summed E-state index contributed by atoms with van der Waals surface area (Å²) in [5.41, 5.74) is 5.64. The Hall–Kier alpha value is -7.80. The molecule has 13 rings (SSSR count). The zero-order valence-corrected chi connectivity index (χ0v) is 31.4. The Kier molecular flexibility index (Phi) is 4.34. The molecule has 0 aliphatic heterocycles. The van der Waals surface area contributed by atoms with Crippen LogP contribution < -0.4 is 0 Å². The van der Waals surface area contributed by atoms with E-state index in [9.17, 15) is 9.60 Å². The van der Waals surface area contributed by atoms with Crippen LogP contribution in [0, 0.1) is 0 Å². The molecule has 276 valence electrons. The summed E-state index contributed by atoms with van der Waals surface area (Å²) in [7, 11) is 0. The van der Waals surface area contributed by atoms with Crippen LogP contribution in [0.2, 0.25) is 0 Å². The van der Waals surface area contributed by atoms with Crippen LogP contribution >= 0.6 is 0 Å². The van der Waals surface area contributed by atoms with E-state index in [0.29, 0.717) is 22.3 Å². The molecule has 0 aliphatic carbocycles. The van der Waals surface area contributed by atoms with Gasteiger partial charge in [0.15, 0.2) is 0 Å². The van der Waals surface area contributed by atoms with E-state index in [4.69, 9.17) is 15.1 Å². The average molecular weight is 775 g/mol. The quantitative estimate of drug-likeness (QED) is 0.153. The molecule has 0 radical (unpaired) electrons. The average Bonchev–Trinajstić information content (AvgIpc) is 3.25. The molecule has 0 atom stereocenters. The summed E-state index contributed by atoms with van der Waals surface area (Å²) >= 11 is 0. The van der Waals surface area contributed by atoms with Gasteiger partial charge in [0.2, 0.25) is 0 Å². The van der Waals surface area contributed by atoms with Crippen LogP contribution in [0.3, 0.4) is 0 Å². The lowest BCUT2D eigenvalue weighted by Gasteiger charge is -2.16. The number of fused-ring (bicyclic) bond motifs is 1. The number of rotatable bonds is 5. The van der Waals surface area contributed by atoms with Crippen molar-refractivity contribution in [1.82, 2.24) is 0 Å². The van der Waals surface area contributed by atoms with Crippen molar-refractivity contribution in [3.05, 3.63) is 218 Å². The first-order valence-corrected chi connectivity index (χ1v) is 19.4. The summed E-state index contributed by atoms with van der Waals surface area (Å²) in [5, 5.41) is 1.73. The van der Waals surface area contributed by atoms with Crippen LogP contribution in [0.4, 0.5) is 0 Å². The summed E-state index contributed by atoms with van der Waals surface area (Å²) in [6.45, 7) is 0. The van der Waals surface area contributed by atoms with Crippen molar-refractivity contribution in [3.8, 4) is 55.6 Å². The molecule has 0 amide bonds. The number of hydrogen-bond acceptors (Lipinski definition) is 0. The summed E-state index contributed by atoms with van der Waals surface area (Å²) in [6, 6.07) is 26.4. The second-order valence-corrected chi connectivity index (χ2v) is 15.0. The van der Waals surface area contributed by atoms with Crippen molar-refractivity contribution in [2.75, 3.05) is 0 Å². The molecule has 0 aromatic heterocycles. The smallest absolute Gasteiger partial charge is 0.0616 e. The molecule has 0 unspecified atom stereocenters. The summed E-state index contributed by atoms with van der Waals surface area (Å²) in [5.74, 6) is 0. The first kappa shape index (κ1) is 20.3. The first-order valence-electron chi connectivity index (χ1n) is 28.4. The van der Waals surface area contributed by atoms with Crippen LogP contribution in [0.15, 0.2) is 218 Å². The van der Waals surface area contributed by atoms with Gasteiger partial charge in [-0.3, -0.25) is 0 Å². The monoisotopic (exact) mass is 774 g/mol. The minimum Gasteiger partial charge on any atom is -0.0616 e. The van der Waals surface area contributed by atoms with E-state index in [1.807, 2.05) is 84.9 Å². The number of hydrogen-bond donors (Lipinski definition) is 0. The minimum atomic E-state index is -0.547. The van der Waals surface area contributed by atoms with Crippen molar-refractivity contribution >= 4 is 75.4 Å². The molecular formula is C60H36. The zero-order valence-electron chi connectivity index (χ0n) is 49.4. The third-order valence-corrected chi connectivity index (χ3v) is 11.7. The normalized spacial score (nSPS) is 16.2. The highest BCUT2D eigenvalue weighted by Gasteiger charge is 2.16. The van der Waals surface area contributed by atoms with Gasteiger partial charge in [-0.1, -0.05) is 194 Å². The van der Waals surface area contributed by atoms with Crippen LogP contribution in [0.25, 0.3) is 131 Å². The van der Waals surface area contributed by atoms with Gasteiger partial charge in [0.25, 0.3) is 0 Å². The van der Waals surface area contributed by atoms with Crippen LogP contribution in [0.5, 0.6) is 0 Å². The zero-order chi connectivity index (χ0) is 55.0. The molecular weight excluding hydrogens is 721 g/mol. The maximum Gasteiger partial charge on any atom is 0.0630 e. The lowest BCUT2D eigenvalue weighted by atomic mass is 9.88. The largest absolute Gasteiger partial charge is 0.0630 e. The highest BCUT2D eigenvalue weighted by atomic mass is 14.2. The second-order valence-electron chi connectivity index (χ2n) is 15.0. The Morgan fingerprint density at radius 1 is 0.233 bits per heavy atom. The fourth-order valence-electron chi connectivity index (χ4n) is 8.84. The van der Waals surface area contributed by atoms with Crippen molar-refractivity contribution in [3.63, 3.8) is 0 Å². The highest BCUT2D eigenvalue weighted by molar-refractivity contribution is 6.26. The minimum absolute atomic E-state index is 0.0565. The van der Waals surface area contributed by atoms with Crippen LogP contribution in [-0.2, 0) is 0 Å². The maximum absolute atomic E-state index is 9.46. The molecule has 0 nitrogen and oxygen atoms in total. The summed E-state index contributed by atoms with van der Waals surface area (Å²) in [4.78, 5) is 0. The van der Waals surface area contributed by atoms with E-state index in [0.717, 1.165) is 33.0 Å². The highest BCUT2D eigenvalue weighted by Crippen LogP contribution is 2.43. The Balaban J connectivity index is 1.03. The third kappa shape index (κ3) is 5.04. The van der Waals surface area contributed by atoms with Crippen molar-refractivity contribution in [1.29, 1.82) is 0 Å². The summed E-state index contributed by atoms with van der Waals surface area (Å²) < 4.78 is 162. The van der Waals surface area contributed by atoms with Crippen molar-refractivity contribution in [2.24, 2.45) is 0 Å². The molecule has 0 saturated heterocycles. The Bertz CT molecular complexity index is 4820. The molecule has 13 aromatic carbocycles. The van der Waals surface area contributed by atoms with Gasteiger partial charge in [-0.15, -0.1) is 0 Å². The van der Waals surface area contributed by atoms with E-state index in [2.05, 4.69) is 0 Å². The second kappa shape index (κ2) is 12.9. The molecule has 0 fully saturated rings. The van der Waals surface area contributed by atoms with E-state index >= 15 is 0 Å². The molecule has 0 saturated carbocycles. The van der Waals surface area contributed by atoms with Crippen molar-refractivity contribution in [2.45, 2.75) is 0 Å². The first-order chi connectivity index (χ1) is 37.2. The summed E-state index contributed by atoms with van der Waals surface area (Å²) in [6.07, 6.45) is 0. The topological polar surface area (TPSA) is 0 Å². The van der Waals surface area contributed by atoms with E-state index in [1.54, 1.807) is 24.3 Å². The predicted octanol–water partition coefficient (Wildman–Crippen LogP) is 17.0. The molecule has 0 spiro atoms. The van der Waals surface area contributed by atoms with Gasteiger partial charge in [0.05, 0.1) is 24.7 Å². The van der Waals surface area contributed by atoms with Gasteiger partial charge in [0.1, 0.15) is 0 Å². The van der Waals surface area contributed by atoms with Gasteiger partial charge in [0, 0.05) is 0 Å². The standard InChI is InChI=1S/C60H36/c1-2-15-51-38(7-1)8-6-16-52(51)50-35-48(37-17-19-39(20-18-37)53-29-25-44-23-21-40-9-3-11-42-27-31-55(53)59(44)57(40)42)34-49(36-50)46-13-5-14-47(33-46)54-30-26-45-24-22-41-10-4-12-43-28-32-56(54)60(45)58(41)43/h1-36H/i3D,4D,9D,10D,11D,12D,21D,22D,23D,24D,25D,26D,27D,28D,29D,30D,31D,32D. The molecule has 0 N–H and O–H groups in total. The Morgan fingerprint density at radius 3 is 1.33 bits per heavy atom. The van der Waals surface area contributed by atoms with Gasteiger partial charge in [-0.05, 0) is 155 Å². The van der Waals surface area contributed by atoms with E-state index in [1.165, 1.54) is 0 Å². The van der Waals surface area contributed by atoms with Gasteiger partial charge < -0.3 is 0 Å². The predicted molar refractivity (Wildman–Crippen MR) is 259 cm³/mol. The molecule has 0 heterocycles.